The predicted molar refractivity (Wildman–Crippen MR) is 109 cm³/mol. The van der Waals surface area contributed by atoms with Gasteiger partial charge in [-0.1, -0.05) is 29.8 Å². The molecule has 1 atom stereocenters. The molecule has 29 heavy (non-hydrogen) atoms. The molecule has 10 heteroatoms. The van der Waals surface area contributed by atoms with Crippen LogP contribution in [0.3, 0.4) is 0 Å². The molecule has 4 rings (SSSR count). The van der Waals surface area contributed by atoms with Gasteiger partial charge in [0.05, 0.1) is 0 Å². The molecular weight excluding hydrogens is 396 g/mol. The van der Waals surface area contributed by atoms with Gasteiger partial charge in [-0.25, -0.2) is 14.0 Å². The van der Waals surface area contributed by atoms with Crippen LogP contribution in [0.5, 0.6) is 0 Å². The summed E-state index contributed by atoms with van der Waals surface area (Å²) in [4.78, 5) is 25.9. The lowest BCUT2D eigenvalue weighted by molar-refractivity contribution is 0.188. The molecule has 0 unspecified atom stereocenters. The predicted octanol–water partition coefficient (Wildman–Crippen LogP) is 1.91. The second kappa shape index (κ2) is 7.75. The number of halogens is 1. The number of aromatic nitrogens is 4. The van der Waals surface area contributed by atoms with Gasteiger partial charge in [-0.05, 0) is 24.5 Å². The molecule has 0 aliphatic carbocycles. The highest BCUT2D eigenvalue weighted by Crippen LogP contribution is 2.29. The van der Waals surface area contributed by atoms with Crippen LogP contribution in [0, 0.1) is 0 Å². The van der Waals surface area contributed by atoms with E-state index >= 15 is 0 Å². The Morgan fingerprint density at radius 1 is 1.38 bits per heavy atom. The van der Waals surface area contributed by atoms with Crippen LogP contribution < -0.4 is 15.8 Å². The van der Waals surface area contributed by atoms with Gasteiger partial charge >= 0.3 is 6.09 Å². The molecule has 1 aliphatic rings. The highest BCUT2D eigenvalue weighted by molar-refractivity contribution is 6.31. The summed E-state index contributed by atoms with van der Waals surface area (Å²) in [5, 5.41) is 20.9. The maximum atomic E-state index is 12.8. The van der Waals surface area contributed by atoms with E-state index in [4.69, 9.17) is 16.7 Å². The molecule has 3 aromatic rings. The van der Waals surface area contributed by atoms with Gasteiger partial charge in [-0.2, -0.15) is 5.10 Å². The number of anilines is 1. The summed E-state index contributed by atoms with van der Waals surface area (Å²) >= 11 is 6.37. The van der Waals surface area contributed by atoms with Gasteiger partial charge in [0.2, 0.25) is 0 Å². The van der Waals surface area contributed by atoms with Gasteiger partial charge in [0, 0.05) is 43.2 Å². The van der Waals surface area contributed by atoms with Gasteiger partial charge in [-0.3, -0.25) is 4.79 Å². The maximum absolute atomic E-state index is 12.8. The summed E-state index contributed by atoms with van der Waals surface area (Å²) in [5.74, 6) is 0.659. The van der Waals surface area contributed by atoms with E-state index in [0.717, 1.165) is 30.5 Å². The van der Waals surface area contributed by atoms with Crippen LogP contribution in [-0.4, -0.2) is 49.7 Å². The number of nitrogens with zero attached hydrogens (tertiary/aromatic N) is 5. The molecular formula is C19H21ClN6O3. The smallest absolute Gasteiger partial charge is 0.404 e. The second-order valence-corrected chi connectivity index (χ2v) is 7.57. The van der Waals surface area contributed by atoms with Crippen molar-refractivity contribution in [3.8, 4) is 0 Å². The lowest BCUT2D eigenvalue weighted by atomic mass is 10.0. The van der Waals surface area contributed by atoms with E-state index in [-0.39, 0.29) is 11.6 Å². The quantitative estimate of drug-likeness (QED) is 0.673. The highest BCUT2D eigenvalue weighted by atomic mass is 35.5. The van der Waals surface area contributed by atoms with E-state index in [2.05, 4.69) is 15.5 Å². The third kappa shape index (κ3) is 3.77. The molecule has 1 aliphatic heterocycles. The minimum atomic E-state index is -1.04. The van der Waals surface area contributed by atoms with Crippen LogP contribution in [0.25, 0.3) is 5.52 Å². The number of fused-ring (bicyclic) bond motifs is 1. The Kier molecular flexibility index (Phi) is 5.14. The largest absolute Gasteiger partial charge is 0.465 e. The molecule has 0 saturated carbocycles. The molecule has 3 heterocycles. The number of aryl methyl sites for hydroxylation is 1. The zero-order chi connectivity index (χ0) is 20.5. The van der Waals surface area contributed by atoms with Gasteiger partial charge in [0.15, 0.2) is 5.82 Å². The first-order valence-corrected chi connectivity index (χ1v) is 9.73. The molecule has 0 spiro atoms. The van der Waals surface area contributed by atoms with E-state index in [0.29, 0.717) is 29.3 Å². The van der Waals surface area contributed by atoms with Crippen molar-refractivity contribution in [2.75, 3.05) is 18.0 Å². The van der Waals surface area contributed by atoms with E-state index in [9.17, 15) is 9.59 Å². The van der Waals surface area contributed by atoms with Crippen molar-refractivity contribution in [2.45, 2.75) is 25.3 Å². The van der Waals surface area contributed by atoms with Crippen molar-refractivity contribution in [1.29, 1.82) is 0 Å². The van der Waals surface area contributed by atoms with Crippen LogP contribution in [0.4, 0.5) is 10.6 Å². The normalized spacial score (nSPS) is 16.9. The molecule has 1 aromatic carbocycles. The summed E-state index contributed by atoms with van der Waals surface area (Å²) in [6.45, 7) is 1.21. The lowest BCUT2D eigenvalue weighted by Crippen LogP contribution is -2.47. The van der Waals surface area contributed by atoms with Crippen molar-refractivity contribution in [3.05, 3.63) is 57.1 Å². The second-order valence-electron chi connectivity index (χ2n) is 7.16. The standard InChI is InChI=1S/C19H21ClN6O3/c1-24-18(27)16-14(9-12-5-2-3-7-15(12)20)17(23-26(16)11-21-24)25-8-4-6-13(10-25)22-19(28)29/h2-3,5,7,11,13,22H,4,6,8-10H2,1H3,(H,28,29)/t13-/m1/s1. The summed E-state index contributed by atoms with van der Waals surface area (Å²) in [7, 11) is 1.60. The van der Waals surface area contributed by atoms with E-state index in [1.165, 1.54) is 15.5 Å². The first-order valence-electron chi connectivity index (χ1n) is 9.35. The molecule has 9 nitrogen and oxygen atoms in total. The third-order valence-corrected chi connectivity index (χ3v) is 5.56. The van der Waals surface area contributed by atoms with Crippen molar-refractivity contribution in [3.63, 3.8) is 0 Å². The minimum absolute atomic E-state index is 0.194. The number of benzene rings is 1. The number of nitrogens with one attached hydrogen (secondary N) is 1. The van der Waals surface area contributed by atoms with Gasteiger partial charge < -0.3 is 15.3 Å². The number of hydrogen-bond acceptors (Lipinski definition) is 5. The molecule has 1 saturated heterocycles. The Balaban J connectivity index is 1.81. The van der Waals surface area contributed by atoms with Crippen LogP contribution in [0.1, 0.15) is 24.0 Å². The monoisotopic (exact) mass is 416 g/mol. The molecule has 1 amide bonds. The van der Waals surface area contributed by atoms with Gasteiger partial charge in [0.1, 0.15) is 11.8 Å². The Morgan fingerprint density at radius 2 is 2.17 bits per heavy atom. The summed E-state index contributed by atoms with van der Waals surface area (Å²) in [6, 6.07) is 7.31. The molecule has 2 N–H and O–H groups in total. The molecule has 2 aromatic heterocycles. The van der Waals surface area contributed by atoms with Crippen molar-refractivity contribution >= 4 is 29.0 Å². The third-order valence-electron chi connectivity index (χ3n) is 5.19. The SMILES string of the molecule is Cn1ncn2nc(N3CCC[C@@H](NC(=O)O)C3)c(Cc3ccccc3Cl)c2c1=O. The van der Waals surface area contributed by atoms with E-state index in [1.807, 2.05) is 29.2 Å². The highest BCUT2D eigenvalue weighted by Gasteiger charge is 2.27. The first-order chi connectivity index (χ1) is 13.9. The summed E-state index contributed by atoms with van der Waals surface area (Å²) < 4.78 is 2.78. The minimum Gasteiger partial charge on any atom is -0.465 e. The number of carboxylic acid groups (broad SMARTS) is 1. The average molecular weight is 417 g/mol. The van der Waals surface area contributed by atoms with Crippen LogP contribution in [-0.2, 0) is 13.5 Å². The maximum Gasteiger partial charge on any atom is 0.404 e. The van der Waals surface area contributed by atoms with Crippen molar-refractivity contribution in [2.24, 2.45) is 7.05 Å². The molecule has 1 fully saturated rings. The van der Waals surface area contributed by atoms with Crippen LogP contribution >= 0.6 is 11.6 Å². The lowest BCUT2D eigenvalue weighted by Gasteiger charge is -2.33. The van der Waals surface area contributed by atoms with Gasteiger partial charge in [0.25, 0.3) is 5.56 Å². The van der Waals surface area contributed by atoms with Crippen molar-refractivity contribution < 1.29 is 9.90 Å². The number of hydrogen-bond donors (Lipinski definition) is 2. The number of rotatable bonds is 4. The number of amides is 1. The first kappa shape index (κ1) is 19.3. The zero-order valence-corrected chi connectivity index (χ0v) is 16.6. The summed E-state index contributed by atoms with van der Waals surface area (Å²) in [5.41, 5.74) is 1.86. The fourth-order valence-corrected chi connectivity index (χ4v) is 4.01. The van der Waals surface area contributed by atoms with E-state index in [1.54, 1.807) is 7.05 Å². The molecule has 0 bridgehead atoms. The summed E-state index contributed by atoms with van der Waals surface area (Å²) in [6.07, 6.45) is 2.49. The number of carbonyl (C=O) groups is 1. The van der Waals surface area contributed by atoms with Gasteiger partial charge in [-0.15, -0.1) is 5.10 Å². The average Bonchev–Trinajstić information content (AvgIpc) is 3.05. The topological polar surface area (TPSA) is 105 Å². The Labute approximate surface area is 171 Å². The number of piperidine rings is 1. The molecule has 0 radical (unpaired) electrons. The van der Waals surface area contributed by atoms with Crippen LogP contribution in [0.2, 0.25) is 5.02 Å². The Morgan fingerprint density at radius 3 is 2.93 bits per heavy atom. The fourth-order valence-electron chi connectivity index (χ4n) is 3.81. The van der Waals surface area contributed by atoms with Crippen LogP contribution in [0.15, 0.2) is 35.4 Å². The Bertz CT molecular complexity index is 1120. The molecule has 152 valence electrons. The Hall–Kier alpha value is -3.07. The zero-order valence-electron chi connectivity index (χ0n) is 15.9. The van der Waals surface area contributed by atoms with Crippen molar-refractivity contribution in [1.82, 2.24) is 24.7 Å². The van der Waals surface area contributed by atoms with E-state index < -0.39 is 6.09 Å². The fraction of sp³-hybridized carbons (Fsp3) is 0.368.